The highest BCUT2D eigenvalue weighted by molar-refractivity contribution is 7.17. The molecule has 0 fully saturated rings. The lowest BCUT2D eigenvalue weighted by Gasteiger charge is -1.82. The van der Waals surface area contributed by atoms with Gasteiger partial charge in [-0.1, -0.05) is 11.3 Å². The molecule has 1 rings (SSSR count). The zero-order valence-electron chi connectivity index (χ0n) is 4.40. The highest BCUT2D eigenvalue weighted by Crippen LogP contribution is 2.20. The van der Waals surface area contributed by atoms with E-state index in [2.05, 4.69) is 9.72 Å². The SMILES string of the molecule is Nc1cnc(OC=O)s1. The fourth-order valence-electron chi connectivity index (χ4n) is 0.365. The summed E-state index contributed by atoms with van der Waals surface area (Å²) < 4.78 is 4.37. The Morgan fingerprint density at radius 1 is 1.89 bits per heavy atom. The van der Waals surface area contributed by atoms with Crippen molar-refractivity contribution in [3.05, 3.63) is 6.20 Å². The smallest absolute Gasteiger partial charge is 0.300 e. The number of nitrogens with two attached hydrogens (primary N) is 1. The molecule has 4 nitrogen and oxygen atoms in total. The maximum atomic E-state index is 9.69. The lowest BCUT2D eigenvalue weighted by atomic mass is 10.9. The Morgan fingerprint density at radius 2 is 2.67 bits per heavy atom. The molecule has 0 radical (unpaired) electrons. The number of hydrogen-bond acceptors (Lipinski definition) is 5. The standard InChI is InChI=1S/C4H4N2O2S/c5-3-1-6-4(9-3)8-2-7/h1-2H,5H2. The topological polar surface area (TPSA) is 65.2 Å². The van der Waals surface area contributed by atoms with Crippen LogP contribution >= 0.6 is 11.3 Å². The van der Waals surface area contributed by atoms with Gasteiger partial charge in [-0.25, -0.2) is 4.98 Å². The van der Waals surface area contributed by atoms with Gasteiger partial charge in [-0.15, -0.1) is 0 Å². The maximum Gasteiger partial charge on any atom is 0.300 e. The van der Waals surface area contributed by atoms with Gasteiger partial charge in [0.1, 0.15) is 5.00 Å². The number of carbonyl (C=O) groups is 1. The predicted octanol–water partition coefficient (Wildman–Crippen LogP) is 0.261. The van der Waals surface area contributed by atoms with Crippen molar-refractivity contribution in [3.63, 3.8) is 0 Å². The molecular formula is C4H4N2O2S. The maximum absolute atomic E-state index is 9.69. The predicted molar refractivity (Wildman–Crippen MR) is 33.2 cm³/mol. The number of anilines is 1. The Hall–Kier alpha value is -1.10. The number of carbonyl (C=O) groups excluding carboxylic acids is 1. The first kappa shape index (κ1) is 6.03. The van der Waals surface area contributed by atoms with E-state index in [-0.39, 0.29) is 5.19 Å². The number of ether oxygens (including phenoxy) is 1. The lowest BCUT2D eigenvalue weighted by Crippen LogP contribution is -1.85. The van der Waals surface area contributed by atoms with Gasteiger partial charge in [0, 0.05) is 0 Å². The summed E-state index contributed by atoms with van der Waals surface area (Å²) in [4.78, 5) is 13.3. The molecule has 1 aromatic heterocycles. The minimum absolute atomic E-state index is 0.280. The van der Waals surface area contributed by atoms with E-state index in [9.17, 15) is 4.79 Å². The quantitative estimate of drug-likeness (QED) is 0.604. The fraction of sp³-hybridized carbons (Fsp3) is 0. The molecule has 48 valence electrons. The largest absolute Gasteiger partial charge is 0.400 e. The second-order valence-electron chi connectivity index (χ2n) is 1.24. The van der Waals surface area contributed by atoms with Crippen molar-refractivity contribution in [1.29, 1.82) is 0 Å². The number of thiazole rings is 1. The van der Waals surface area contributed by atoms with E-state index in [4.69, 9.17) is 5.73 Å². The summed E-state index contributed by atoms with van der Waals surface area (Å²) in [5.74, 6) is 0. The molecule has 0 unspecified atom stereocenters. The average Bonchev–Trinajstić information content (AvgIpc) is 2.17. The van der Waals surface area contributed by atoms with E-state index in [1.807, 2.05) is 0 Å². The summed E-state index contributed by atoms with van der Waals surface area (Å²) in [5, 5.41) is 0.814. The zero-order chi connectivity index (χ0) is 6.69. The monoisotopic (exact) mass is 144 g/mol. The molecule has 0 atom stereocenters. The molecule has 0 aromatic carbocycles. The van der Waals surface area contributed by atoms with Gasteiger partial charge >= 0.3 is 0 Å². The van der Waals surface area contributed by atoms with Crippen molar-refractivity contribution in [2.45, 2.75) is 0 Å². The fourth-order valence-corrected chi connectivity index (χ4v) is 0.865. The third-order valence-electron chi connectivity index (χ3n) is 0.651. The van der Waals surface area contributed by atoms with Crippen LogP contribution in [0.3, 0.4) is 0 Å². The van der Waals surface area contributed by atoms with Crippen LogP contribution in [0.15, 0.2) is 6.20 Å². The van der Waals surface area contributed by atoms with Crippen molar-refractivity contribution >= 4 is 22.8 Å². The van der Waals surface area contributed by atoms with E-state index in [0.29, 0.717) is 11.5 Å². The Morgan fingerprint density at radius 3 is 3.11 bits per heavy atom. The third-order valence-corrected chi connectivity index (χ3v) is 1.37. The van der Waals surface area contributed by atoms with Crippen LogP contribution in [0.25, 0.3) is 0 Å². The van der Waals surface area contributed by atoms with E-state index in [0.717, 1.165) is 11.3 Å². The molecule has 0 bridgehead atoms. The lowest BCUT2D eigenvalue weighted by molar-refractivity contribution is -0.120. The first-order valence-electron chi connectivity index (χ1n) is 2.14. The molecule has 0 spiro atoms. The van der Waals surface area contributed by atoms with E-state index < -0.39 is 0 Å². The molecule has 2 N–H and O–H groups in total. The molecule has 5 heteroatoms. The van der Waals surface area contributed by atoms with Crippen molar-refractivity contribution in [1.82, 2.24) is 4.98 Å². The first-order valence-corrected chi connectivity index (χ1v) is 2.96. The molecule has 9 heavy (non-hydrogen) atoms. The van der Waals surface area contributed by atoms with Gasteiger partial charge in [-0.2, -0.15) is 0 Å². The van der Waals surface area contributed by atoms with Crippen LogP contribution in [0.2, 0.25) is 0 Å². The summed E-state index contributed by atoms with van der Waals surface area (Å²) in [7, 11) is 0. The highest BCUT2D eigenvalue weighted by atomic mass is 32.1. The minimum atomic E-state index is 0.280. The summed E-state index contributed by atoms with van der Waals surface area (Å²) in [6.07, 6.45) is 1.43. The normalized spacial score (nSPS) is 8.89. The van der Waals surface area contributed by atoms with Crippen LogP contribution in [0.5, 0.6) is 5.19 Å². The Kier molecular flexibility index (Phi) is 1.64. The first-order chi connectivity index (χ1) is 4.33. The van der Waals surface area contributed by atoms with E-state index >= 15 is 0 Å². The van der Waals surface area contributed by atoms with Gasteiger partial charge in [0.2, 0.25) is 0 Å². The van der Waals surface area contributed by atoms with Crippen LogP contribution < -0.4 is 10.5 Å². The average molecular weight is 144 g/mol. The molecule has 0 saturated carbocycles. The van der Waals surface area contributed by atoms with Gasteiger partial charge in [-0.3, -0.25) is 4.79 Å². The van der Waals surface area contributed by atoms with Gasteiger partial charge < -0.3 is 10.5 Å². The van der Waals surface area contributed by atoms with Crippen LogP contribution in [0.1, 0.15) is 0 Å². The summed E-state index contributed by atoms with van der Waals surface area (Å²) >= 11 is 1.13. The van der Waals surface area contributed by atoms with Crippen LogP contribution in [0.4, 0.5) is 5.00 Å². The van der Waals surface area contributed by atoms with Gasteiger partial charge in [0.05, 0.1) is 6.20 Å². The molecule has 1 heterocycles. The second-order valence-corrected chi connectivity index (χ2v) is 2.27. The molecule has 0 saturated heterocycles. The summed E-state index contributed by atoms with van der Waals surface area (Å²) in [5.41, 5.74) is 5.27. The van der Waals surface area contributed by atoms with Crippen molar-refractivity contribution in [2.24, 2.45) is 0 Å². The van der Waals surface area contributed by atoms with Crippen molar-refractivity contribution < 1.29 is 9.53 Å². The molecular weight excluding hydrogens is 140 g/mol. The van der Waals surface area contributed by atoms with Crippen LogP contribution in [-0.4, -0.2) is 11.5 Å². The number of hydrogen-bond donors (Lipinski definition) is 1. The number of aromatic nitrogens is 1. The van der Waals surface area contributed by atoms with Crippen molar-refractivity contribution in [2.75, 3.05) is 5.73 Å². The molecule has 0 aliphatic heterocycles. The van der Waals surface area contributed by atoms with Gasteiger partial charge in [0.25, 0.3) is 11.7 Å². The second kappa shape index (κ2) is 2.45. The number of rotatable bonds is 2. The van der Waals surface area contributed by atoms with Gasteiger partial charge in [0.15, 0.2) is 0 Å². The van der Waals surface area contributed by atoms with E-state index in [1.165, 1.54) is 6.20 Å². The van der Waals surface area contributed by atoms with E-state index in [1.54, 1.807) is 0 Å². The van der Waals surface area contributed by atoms with Crippen LogP contribution in [-0.2, 0) is 4.79 Å². The van der Waals surface area contributed by atoms with Gasteiger partial charge in [-0.05, 0) is 0 Å². The minimum Gasteiger partial charge on any atom is -0.400 e. The molecule has 0 aliphatic carbocycles. The Labute approximate surface area is 55.3 Å². The number of nitrogen functional groups attached to an aromatic ring is 1. The zero-order valence-corrected chi connectivity index (χ0v) is 5.22. The highest BCUT2D eigenvalue weighted by Gasteiger charge is 1.96. The van der Waals surface area contributed by atoms with Crippen molar-refractivity contribution in [3.8, 4) is 5.19 Å². The van der Waals surface area contributed by atoms with Crippen LogP contribution in [0, 0.1) is 0 Å². The summed E-state index contributed by atoms with van der Waals surface area (Å²) in [6.45, 7) is 0.318. The number of nitrogens with zero attached hydrogens (tertiary/aromatic N) is 1. The molecule has 0 aliphatic rings. The Balaban J connectivity index is 2.72. The third kappa shape index (κ3) is 1.39. The Bertz CT molecular complexity index is 210. The molecule has 1 aromatic rings. The molecule has 0 amide bonds. The summed E-state index contributed by atoms with van der Waals surface area (Å²) in [6, 6.07) is 0.